The molecule has 0 radical (unpaired) electrons. The number of hydrogen-bond acceptors (Lipinski definition) is 5. The van der Waals surface area contributed by atoms with Crippen LogP contribution in [-0.4, -0.2) is 10.9 Å². The van der Waals surface area contributed by atoms with Crippen LogP contribution in [0.1, 0.15) is 27.2 Å². The molecule has 202 valence electrons. The Labute approximate surface area is 232 Å². The van der Waals surface area contributed by atoms with E-state index in [1.807, 2.05) is 54.6 Å². The highest BCUT2D eigenvalue weighted by atomic mass is 32.1. The second kappa shape index (κ2) is 12.0. The van der Waals surface area contributed by atoms with Crippen molar-refractivity contribution >= 4 is 17.2 Å². The third-order valence-corrected chi connectivity index (χ3v) is 6.72. The smallest absolute Gasteiger partial charge is 0.416 e. The summed E-state index contributed by atoms with van der Waals surface area (Å²) in [6.07, 6.45) is -4.40. The number of para-hydroxylation sites is 1. The number of alkyl halides is 3. The van der Waals surface area contributed by atoms with E-state index in [1.165, 1.54) is 17.4 Å². The van der Waals surface area contributed by atoms with Crippen LogP contribution < -0.4 is 14.8 Å². The monoisotopic (exact) mass is 560 g/mol. The number of amides is 1. The zero-order chi connectivity index (χ0) is 28.0. The van der Waals surface area contributed by atoms with Crippen LogP contribution in [-0.2, 0) is 19.3 Å². The van der Waals surface area contributed by atoms with E-state index in [4.69, 9.17) is 9.47 Å². The first kappa shape index (κ1) is 27.0. The number of benzene rings is 4. The molecule has 0 fully saturated rings. The van der Waals surface area contributed by atoms with Crippen LogP contribution in [0.3, 0.4) is 0 Å². The van der Waals surface area contributed by atoms with E-state index in [0.29, 0.717) is 34.3 Å². The summed E-state index contributed by atoms with van der Waals surface area (Å²) >= 11 is 1.34. The van der Waals surface area contributed by atoms with Gasteiger partial charge in [-0.2, -0.15) is 13.2 Å². The van der Waals surface area contributed by atoms with Gasteiger partial charge < -0.3 is 14.8 Å². The molecule has 0 saturated heterocycles. The van der Waals surface area contributed by atoms with Crippen molar-refractivity contribution in [1.82, 2.24) is 10.3 Å². The van der Waals surface area contributed by atoms with Crippen molar-refractivity contribution in [2.75, 3.05) is 0 Å². The zero-order valence-corrected chi connectivity index (χ0v) is 21.8. The van der Waals surface area contributed by atoms with Crippen molar-refractivity contribution in [2.24, 2.45) is 0 Å². The Morgan fingerprint density at radius 2 is 1.52 bits per heavy atom. The molecule has 0 aliphatic rings. The molecule has 0 aliphatic heterocycles. The fourth-order valence-corrected chi connectivity index (χ4v) is 4.63. The summed E-state index contributed by atoms with van der Waals surface area (Å²) in [6, 6.07) is 29.0. The quantitative estimate of drug-likeness (QED) is 0.198. The van der Waals surface area contributed by atoms with Gasteiger partial charge in [-0.3, -0.25) is 4.79 Å². The Bertz CT molecular complexity index is 1590. The second-order valence-electron chi connectivity index (χ2n) is 8.79. The molecule has 0 spiro atoms. The van der Waals surface area contributed by atoms with Crippen LogP contribution in [0.2, 0.25) is 0 Å². The van der Waals surface area contributed by atoms with Crippen LogP contribution in [0, 0.1) is 0 Å². The highest BCUT2D eigenvalue weighted by Crippen LogP contribution is 2.30. The molecule has 5 nitrogen and oxygen atoms in total. The third-order valence-electron chi connectivity index (χ3n) is 5.83. The summed E-state index contributed by atoms with van der Waals surface area (Å²) in [5.41, 5.74) is 1.70. The van der Waals surface area contributed by atoms with Crippen molar-refractivity contribution in [1.29, 1.82) is 0 Å². The molecule has 1 N–H and O–H groups in total. The Hall–Kier alpha value is -4.63. The molecule has 0 bridgehead atoms. The summed E-state index contributed by atoms with van der Waals surface area (Å²) in [5.74, 6) is 1.62. The van der Waals surface area contributed by atoms with Crippen LogP contribution in [0.15, 0.2) is 109 Å². The maximum atomic E-state index is 12.9. The minimum absolute atomic E-state index is 0.00608. The average Bonchev–Trinajstić information content (AvgIpc) is 3.46. The van der Waals surface area contributed by atoms with Crippen LogP contribution in [0.4, 0.5) is 13.2 Å². The third kappa shape index (κ3) is 7.06. The number of ether oxygens (including phenoxy) is 2. The molecule has 1 heterocycles. The first-order chi connectivity index (χ1) is 19.3. The number of halogens is 3. The van der Waals surface area contributed by atoms with Crippen LogP contribution in [0.25, 0.3) is 10.6 Å². The summed E-state index contributed by atoms with van der Waals surface area (Å²) in [6.45, 7) is 0.321. The lowest BCUT2D eigenvalue weighted by molar-refractivity contribution is -0.137. The number of aromatic nitrogens is 1. The number of nitrogens with zero attached hydrogens (tertiary/aromatic N) is 1. The molecule has 9 heteroatoms. The second-order valence-corrected chi connectivity index (χ2v) is 9.65. The number of carbonyl (C=O) groups excluding carboxylic acids is 1. The number of rotatable bonds is 9. The largest absolute Gasteiger partial charge is 0.489 e. The van der Waals surface area contributed by atoms with E-state index in [1.54, 1.807) is 35.7 Å². The predicted octanol–water partition coefficient (Wildman–Crippen LogP) is 8.13. The molecular formula is C31H23F3N2O3S. The molecule has 0 unspecified atom stereocenters. The molecule has 5 rings (SSSR count). The van der Waals surface area contributed by atoms with Crippen molar-refractivity contribution < 1.29 is 27.4 Å². The first-order valence-corrected chi connectivity index (χ1v) is 13.2. The lowest BCUT2D eigenvalue weighted by atomic mass is 10.1. The topological polar surface area (TPSA) is 60.5 Å². The van der Waals surface area contributed by atoms with E-state index in [0.717, 1.165) is 29.0 Å². The minimum atomic E-state index is -4.40. The molecule has 4 aromatic carbocycles. The Morgan fingerprint density at radius 1 is 0.800 bits per heavy atom. The number of thiazole rings is 1. The molecule has 40 heavy (non-hydrogen) atoms. The van der Waals surface area contributed by atoms with E-state index in [2.05, 4.69) is 10.3 Å². The zero-order valence-electron chi connectivity index (χ0n) is 21.0. The number of hydrogen-bond donors (Lipinski definition) is 1. The van der Waals surface area contributed by atoms with Gasteiger partial charge in [0.25, 0.3) is 5.91 Å². The summed E-state index contributed by atoms with van der Waals surface area (Å²) < 4.78 is 50.3. The van der Waals surface area contributed by atoms with Gasteiger partial charge in [-0.1, -0.05) is 42.5 Å². The lowest BCUT2D eigenvalue weighted by Crippen LogP contribution is -2.23. The van der Waals surface area contributed by atoms with Crippen LogP contribution in [0.5, 0.6) is 17.2 Å². The Kier molecular flexibility index (Phi) is 8.12. The summed E-state index contributed by atoms with van der Waals surface area (Å²) in [7, 11) is 0. The summed E-state index contributed by atoms with van der Waals surface area (Å²) in [5, 5.41) is 5.24. The predicted molar refractivity (Wildman–Crippen MR) is 147 cm³/mol. The van der Waals surface area contributed by atoms with E-state index in [-0.39, 0.29) is 12.5 Å². The minimum Gasteiger partial charge on any atom is -0.489 e. The molecule has 0 atom stereocenters. The van der Waals surface area contributed by atoms with Crippen molar-refractivity contribution in [2.45, 2.75) is 19.3 Å². The van der Waals surface area contributed by atoms with Gasteiger partial charge in [0, 0.05) is 17.5 Å². The molecule has 0 saturated carbocycles. The Balaban J connectivity index is 1.15. The highest BCUT2D eigenvalue weighted by Gasteiger charge is 2.30. The normalized spacial score (nSPS) is 11.2. The SMILES string of the molecule is O=C(NCc1cccc(Oc2ccccc2)c1)c1csc(-c2ccc(OCc3cccc(C(F)(F)F)c3)cc2)n1. The van der Waals surface area contributed by atoms with Gasteiger partial charge in [-0.05, 0) is 71.8 Å². The van der Waals surface area contributed by atoms with Gasteiger partial charge in [0.15, 0.2) is 0 Å². The van der Waals surface area contributed by atoms with Gasteiger partial charge in [0.05, 0.1) is 5.56 Å². The van der Waals surface area contributed by atoms with Gasteiger partial charge in [0.2, 0.25) is 0 Å². The maximum absolute atomic E-state index is 12.9. The lowest BCUT2D eigenvalue weighted by Gasteiger charge is -2.10. The first-order valence-electron chi connectivity index (χ1n) is 12.3. The van der Waals surface area contributed by atoms with Crippen molar-refractivity contribution in [3.63, 3.8) is 0 Å². The van der Waals surface area contributed by atoms with Gasteiger partial charge in [-0.15, -0.1) is 11.3 Å². The van der Waals surface area contributed by atoms with Crippen molar-refractivity contribution in [3.05, 3.63) is 131 Å². The molecule has 0 aliphatic carbocycles. The number of carbonyl (C=O) groups is 1. The average molecular weight is 561 g/mol. The van der Waals surface area contributed by atoms with Gasteiger partial charge >= 0.3 is 6.18 Å². The molecule has 5 aromatic rings. The van der Waals surface area contributed by atoms with Crippen LogP contribution >= 0.6 is 11.3 Å². The fraction of sp³-hybridized carbons (Fsp3) is 0.0968. The van der Waals surface area contributed by atoms with E-state index < -0.39 is 11.7 Å². The summed E-state index contributed by atoms with van der Waals surface area (Å²) in [4.78, 5) is 17.2. The van der Waals surface area contributed by atoms with E-state index >= 15 is 0 Å². The van der Waals surface area contributed by atoms with Gasteiger partial charge in [-0.25, -0.2) is 4.98 Å². The van der Waals surface area contributed by atoms with Gasteiger partial charge in [0.1, 0.15) is 34.6 Å². The van der Waals surface area contributed by atoms with Crippen molar-refractivity contribution in [3.8, 4) is 27.8 Å². The molecule has 1 aromatic heterocycles. The van der Waals surface area contributed by atoms with E-state index in [9.17, 15) is 18.0 Å². The Morgan fingerprint density at radius 3 is 2.30 bits per heavy atom. The maximum Gasteiger partial charge on any atom is 0.416 e. The highest BCUT2D eigenvalue weighted by molar-refractivity contribution is 7.13. The molecular weight excluding hydrogens is 537 g/mol. The number of nitrogens with one attached hydrogen (secondary N) is 1. The molecule has 1 amide bonds. The fourth-order valence-electron chi connectivity index (χ4n) is 3.82. The standard InChI is InChI=1S/C31H23F3N2O3S/c32-31(33,34)24-8-4-7-22(16-24)19-38-25-14-12-23(13-15-25)30-36-28(20-40-30)29(37)35-18-21-6-5-11-27(17-21)39-26-9-2-1-3-10-26/h1-17,20H,18-19H2,(H,35,37).